The maximum Gasteiger partial charge on any atom is 0.416 e. The van der Waals surface area contributed by atoms with Crippen molar-refractivity contribution in [1.82, 2.24) is 14.8 Å². The Kier molecular flexibility index (Phi) is 10.3. The Bertz CT molecular complexity index is 2040. The van der Waals surface area contributed by atoms with Crippen molar-refractivity contribution in [3.63, 3.8) is 0 Å². The number of nitrogens with zero attached hydrogens (tertiary/aromatic N) is 2. The SMILES string of the molecule is C=C(C)/C1=C(\C=C/C)Oc2cccc(c2)[C@@H](n2cc(CCN3CC(F)C3)c(C(F)(F)F)cc2=O)C(=O)N[C@H](CC(=O)O)c2cc1cc(C1CC1)c2F. The van der Waals surface area contributed by atoms with Crippen molar-refractivity contribution in [2.24, 2.45) is 0 Å². The third-order valence-corrected chi connectivity index (χ3v) is 9.50. The number of likely N-dealkylation sites (tertiary alicyclic amines) is 1. The average Bonchev–Trinajstić information content (AvgIpc) is 3.89. The zero-order chi connectivity index (χ0) is 37.5. The van der Waals surface area contributed by atoms with E-state index in [1.807, 2.05) is 0 Å². The van der Waals surface area contributed by atoms with Gasteiger partial charge in [0, 0.05) is 43.0 Å². The van der Waals surface area contributed by atoms with Gasteiger partial charge >= 0.3 is 12.1 Å². The topological polar surface area (TPSA) is 101 Å². The molecule has 274 valence electrons. The van der Waals surface area contributed by atoms with E-state index in [9.17, 15) is 37.1 Å². The van der Waals surface area contributed by atoms with E-state index in [0.29, 0.717) is 46.9 Å². The van der Waals surface area contributed by atoms with Crippen LogP contribution in [0.25, 0.3) is 5.57 Å². The molecule has 1 amide bonds. The van der Waals surface area contributed by atoms with E-state index in [0.717, 1.165) is 10.8 Å². The van der Waals surface area contributed by atoms with Gasteiger partial charge in [-0.05, 0) is 97.2 Å². The van der Waals surface area contributed by atoms with Crippen LogP contribution in [0.4, 0.5) is 22.0 Å². The van der Waals surface area contributed by atoms with E-state index in [4.69, 9.17) is 4.74 Å². The van der Waals surface area contributed by atoms with Crippen LogP contribution in [0.1, 0.15) is 84.5 Å². The number of carbonyl (C=O) groups excluding carboxylic acids is 1. The van der Waals surface area contributed by atoms with Gasteiger partial charge in [0.1, 0.15) is 29.5 Å². The molecule has 8 nitrogen and oxygen atoms in total. The van der Waals surface area contributed by atoms with E-state index in [1.54, 1.807) is 49.1 Å². The number of pyridine rings is 1. The van der Waals surface area contributed by atoms with Gasteiger partial charge in [-0.3, -0.25) is 23.9 Å². The van der Waals surface area contributed by atoms with E-state index in [-0.39, 0.29) is 54.4 Å². The number of aromatic nitrogens is 1. The van der Waals surface area contributed by atoms with Gasteiger partial charge in [-0.1, -0.05) is 24.8 Å². The summed E-state index contributed by atoms with van der Waals surface area (Å²) in [4.78, 5) is 41.9. The summed E-state index contributed by atoms with van der Waals surface area (Å²) in [7, 11) is 0. The third kappa shape index (κ3) is 7.74. The molecular formula is C39H38F5N3O5. The largest absolute Gasteiger partial charge is 0.481 e. The number of carboxylic acids is 1. The van der Waals surface area contributed by atoms with Crippen LogP contribution in [0.15, 0.2) is 83.5 Å². The number of carboxylic acid groups (broad SMARTS) is 1. The molecule has 3 aromatic rings. The fraction of sp³-hybridized carbons (Fsp3) is 0.359. The molecule has 2 fully saturated rings. The first-order valence-electron chi connectivity index (χ1n) is 17.0. The number of fused-ring (bicyclic) bond motifs is 4. The van der Waals surface area contributed by atoms with Crippen molar-refractivity contribution in [3.8, 4) is 5.75 Å². The summed E-state index contributed by atoms with van der Waals surface area (Å²) in [6.45, 7) is 7.87. The fourth-order valence-electron chi connectivity index (χ4n) is 6.88. The predicted octanol–water partition coefficient (Wildman–Crippen LogP) is 7.26. The molecule has 13 heteroatoms. The molecule has 3 heterocycles. The van der Waals surface area contributed by atoms with E-state index in [2.05, 4.69) is 11.9 Å². The minimum absolute atomic E-state index is 0.0702. The van der Waals surface area contributed by atoms with Crippen LogP contribution >= 0.6 is 0 Å². The average molecular weight is 724 g/mol. The number of ether oxygens (including phenoxy) is 1. The lowest BCUT2D eigenvalue weighted by molar-refractivity contribution is -0.139. The Labute approximate surface area is 296 Å². The van der Waals surface area contributed by atoms with Crippen molar-refractivity contribution in [1.29, 1.82) is 0 Å². The molecule has 1 saturated heterocycles. The number of amides is 1. The Morgan fingerprint density at radius 3 is 2.44 bits per heavy atom. The number of benzene rings is 2. The normalized spacial score (nSPS) is 21.4. The number of rotatable bonds is 9. The number of allylic oxidation sites excluding steroid dienone is 4. The third-order valence-electron chi connectivity index (χ3n) is 9.50. The van der Waals surface area contributed by atoms with Crippen molar-refractivity contribution >= 4 is 17.4 Å². The molecule has 52 heavy (non-hydrogen) atoms. The van der Waals surface area contributed by atoms with Gasteiger partial charge in [-0.15, -0.1) is 0 Å². The van der Waals surface area contributed by atoms with Crippen LogP contribution < -0.4 is 15.6 Å². The van der Waals surface area contributed by atoms with Crippen LogP contribution in [0.2, 0.25) is 0 Å². The number of nitrogens with one attached hydrogen (secondary N) is 1. The molecule has 1 aliphatic carbocycles. The van der Waals surface area contributed by atoms with Gasteiger partial charge in [-0.2, -0.15) is 13.2 Å². The second-order valence-electron chi connectivity index (χ2n) is 13.6. The van der Waals surface area contributed by atoms with Crippen LogP contribution in [0.5, 0.6) is 5.75 Å². The Morgan fingerprint density at radius 2 is 1.83 bits per heavy atom. The van der Waals surface area contributed by atoms with E-state index in [1.165, 1.54) is 18.2 Å². The minimum Gasteiger partial charge on any atom is -0.481 e. The highest BCUT2D eigenvalue weighted by atomic mass is 19.4. The smallest absolute Gasteiger partial charge is 0.416 e. The van der Waals surface area contributed by atoms with Gasteiger partial charge in [0.25, 0.3) is 5.56 Å². The summed E-state index contributed by atoms with van der Waals surface area (Å²) >= 11 is 0. The lowest BCUT2D eigenvalue weighted by atomic mass is 9.89. The quantitative estimate of drug-likeness (QED) is 0.226. The van der Waals surface area contributed by atoms with Crippen LogP contribution in [-0.4, -0.2) is 52.3 Å². The highest BCUT2D eigenvalue weighted by molar-refractivity contribution is 5.86. The molecule has 2 N–H and O–H groups in total. The maximum absolute atomic E-state index is 16.5. The van der Waals surface area contributed by atoms with Gasteiger partial charge in [0.05, 0.1) is 18.0 Å². The summed E-state index contributed by atoms with van der Waals surface area (Å²) in [5, 5.41) is 12.6. The lowest BCUT2D eigenvalue weighted by Gasteiger charge is -2.34. The van der Waals surface area contributed by atoms with Crippen molar-refractivity contribution in [3.05, 3.63) is 128 Å². The summed E-state index contributed by atoms with van der Waals surface area (Å²) in [6.07, 6.45) is -1.14. The summed E-state index contributed by atoms with van der Waals surface area (Å²) in [5.41, 5.74) is -0.729. The van der Waals surface area contributed by atoms with E-state index < -0.39 is 59.7 Å². The zero-order valence-electron chi connectivity index (χ0n) is 28.6. The highest BCUT2D eigenvalue weighted by Crippen LogP contribution is 2.45. The van der Waals surface area contributed by atoms with E-state index >= 15 is 4.39 Å². The number of carbonyl (C=O) groups is 2. The van der Waals surface area contributed by atoms with Crippen molar-refractivity contribution in [2.45, 2.75) is 69.9 Å². The minimum atomic E-state index is -4.91. The van der Waals surface area contributed by atoms with Gasteiger partial charge in [0.2, 0.25) is 5.91 Å². The molecular weight excluding hydrogens is 685 g/mol. The van der Waals surface area contributed by atoms with Crippen LogP contribution in [-0.2, 0) is 22.2 Å². The highest BCUT2D eigenvalue weighted by Gasteiger charge is 2.38. The number of aliphatic carboxylic acids is 1. The summed E-state index contributed by atoms with van der Waals surface area (Å²) < 4.78 is 79.9. The first-order chi connectivity index (χ1) is 24.6. The second kappa shape index (κ2) is 14.5. The Balaban J connectivity index is 1.58. The number of hydrogen-bond donors (Lipinski definition) is 2. The first-order valence-corrected chi connectivity index (χ1v) is 17.0. The van der Waals surface area contributed by atoms with Gasteiger partial charge in [0.15, 0.2) is 0 Å². The summed E-state index contributed by atoms with van der Waals surface area (Å²) in [6, 6.07) is 6.56. The Hall–Kier alpha value is -5.04. The van der Waals surface area contributed by atoms with Gasteiger partial charge in [-0.25, -0.2) is 8.78 Å². The lowest BCUT2D eigenvalue weighted by Crippen LogP contribution is -2.49. The molecule has 2 aromatic carbocycles. The first kappa shape index (κ1) is 36.7. The number of halogens is 5. The molecule has 3 aliphatic rings. The molecule has 4 bridgehead atoms. The second-order valence-corrected chi connectivity index (χ2v) is 13.6. The molecule has 2 aliphatic heterocycles. The zero-order valence-corrected chi connectivity index (χ0v) is 28.6. The maximum atomic E-state index is 16.5. The number of hydrogen-bond acceptors (Lipinski definition) is 5. The molecule has 2 atom stereocenters. The molecule has 6 rings (SSSR count). The molecule has 0 spiro atoms. The van der Waals surface area contributed by atoms with Crippen LogP contribution in [0, 0.1) is 5.82 Å². The Morgan fingerprint density at radius 1 is 1.12 bits per heavy atom. The molecule has 1 saturated carbocycles. The number of alkyl halides is 4. The predicted molar refractivity (Wildman–Crippen MR) is 184 cm³/mol. The molecule has 1 aromatic heterocycles. The molecule has 0 unspecified atom stereocenters. The van der Waals surface area contributed by atoms with Crippen LogP contribution in [0.3, 0.4) is 0 Å². The molecule has 0 radical (unpaired) electrons. The standard InChI is InChI=1S/C39H38F5N3O5/c1-4-6-32-35(21(2)3)25-14-28(22-9-10-22)36(41)29(15-25)31(17-34(49)50)45-38(51)37(23-7-5-8-27(13-23)52-32)47-18-24(11-12-46-19-26(40)20-46)30(16-33(47)48)39(42,43)44/h4-8,13-16,18,22,26,31,37H,2,9-12,17,19-20H2,1,3H3,(H,45,51)(H,49,50)/b6-4-,35-32-/t31-,37-/m1/s1. The van der Waals surface area contributed by atoms with Crippen molar-refractivity contribution < 1.29 is 41.4 Å². The van der Waals surface area contributed by atoms with Gasteiger partial charge < -0.3 is 15.2 Å². The van der Waals surface area contributed by atoms with Crippen molar-refractivity contribution in [2.75, 3.05) is 19.6 Å². The fourth-order valence-corrected chi connectivity index (χ4v) is 6.88. The summed E-state index contributed by atoms with van der Waals surface area (Å²) in [5.74, 6) is -2.60. The monoisotopic (exact) mass is 723 g/mol.